The van der Waals surface area contributed by atoms with Crippen LogP contribution in [0.4, 0.5) is 0 Å². The van der Waals surface area contributed by atoms with Crippen LogP contribution in [-0.2, 0) is 0 Å². The zero-order valence-corrected chi connectivity index (χ0v) is 11.2. The standard InChI is InChI=1S/C15H26O/c1-6-14(4,16)10-11-15(5)12(2)8-7-9-13(15)3/h6,8,13,16H,1,7,9-11H2,2-5H3/t13-,14-,15-/m1/s1. The van der Waals surface area contributed by atoms with E-state index in [9.17, 15) is 5.11 Å². The summed E-state index contributed by atoms with van der Waals surface area (Å²) in [6.45, 7) is 12.4. The summed E-state index contributed by atoms with van der Waals surface area (Å²) in [7, 11) is 0. The van der Waals surface area contributed by atoms with Crippen molar-refractivity contribution in [2.24, 2.45) is 11.3 Å². The zero-order chi connectivity index (χ0) is 12.4. The molecule has 92 valence electrons. The van der Waals surface area contributed by atoms with Crippen LogP contribution >= 0.6 is 0 Å². The van der Waals surface area contributed by atoms with Gasteiger partial charge in [-0.05, 0) is 50.9 Å². The molecule has 16 heavy (non-hydrogen) atoms. The van der Waals surface area contributed by atoms with E-state index in [0.29, 0.717) is 5.92 Å². The molecular formula is C15H26O. The predicted molar refractivity (Wildman–Crippen MR) is 70.3 cm³/mol. The fourth-order valence-electron chi connectivity index (χ4n) is 2.55. The van der Waals surface area contributed by atoms with Gasteiger partial charge in [0.2, 0.25) is 0 Å². The van der Waals surface area contributed by atoms with Gasteiger partial charge in [-0.2, -0.15) is 0 Å². The minimum Gasteiger partial charge on any atom is -0.386 e. The van der Waals surface area contributed by atoms with Crippen LogP contribution in [0.3, 0.4) is 0 Å². The predicted octanol–water partition coefficient (Wildman–Crippen LogP) is 4.09. The summed E-state index contributed by atoms with van der Waals surface area (Å²) in [5.74, 6) is 0.707. The van der Waals surface area contributed by atoms with Crippen molar-refractivity contribution in [3.63, 3.8) is 0 Å². The van der Waals surface area contributed by atoms with Gasteiger partial charge >= 0.3 is 0 Å². The molecule has 0 saturated carbocycles. The SMILES string of the molecule is C=C[C@@](C)(O)CC[C@]1(C)C(C)=CCC[C@H]1C. The van der Waals surface area contributed by atoms with Gasteiger partial charge in [0.05, 0.1) is 5.60 Å². The zero-order valence-electron chi connectivity index (χ0n) is 11.2. The smallest absolute Gasteiger partial charge is 0.0797 e. The van der Waals surface area contributed by atoms with Crippen molar-refractivity contribution in [2.75, 3.05) is 0 Å². The van der Waals surface area contributed by atoms with Gasteiger partial charge in [0.25, 0.3) is 0 Å². The maximum Gasteiger partial charge on any atom is 0.0797 e. The number of aliphatic hydroxyl groups is 1. The Morgan fingerprint density at radius 1 is 1.69 bits per heavy atom. The third kappa shape index (κ3) is 2.76. The van der Waals surface area contributed by atoms with E-state index in [1.165, 1.54) is 18.4 Å². The third-order valence-electron chi connectivity index (χ3n) is 4.63. The molecule has 0 fully saturated rings. The van der Waals surface area contributed by atoms with Gasteiger partial charge in [-0.15, -0.1) is 6.58 Å². The molecule has 0 aliphatic heterocycles. The Morgan fingerprint density at radius 2 is 2.31 bits per heavy atom. The quantitative estimate of drug-likeness (QED) is 0.710. The highest BCUT2D eigenvalue weighted by atomic mass is 16.3. The molecule has 1 N–H and O–H groups in total. The van der Waals surface area contributed by atoms with E-state index >= 15 is 0 Å². The molecule has 0 saturated heterocycles. The summed E-state index contributed by atoms with van der Waals surface area (Å²) >= 11 is 0. The van der Waals surface area contributed by atoms with Gasteiger partial charge < -0.3 is 5.11 Å². The molecule has 0 spiro atoms. The van der Waals surface area contributed by atoms with Crippen LogP contribution in [0, 0.1) is 11.3 Å². The molecule has 1 nitrogen and oxygen atoms in total. The molecule has 0 unspecified atom stereocenters. The molecular weight excluding hydrogens is 196 g/mol. The molecule has 0 amide bonds. The molecule has 0 aromatic carbocycles. The summed E-state index contributed by atoms with van der Waals surface area (Å²) in [5.41, 5.74) is 1.03. The third-order valence-corrected chi connectivity index (χ3v) is 4.63. The van der Waals surface area contributed by atoms with Crippen molar-refractivity contribution in [2.45, 2.75) is 59.0 Å². The lowest BCUT2D eigenvalue weighted by Gasteiger charge is -2.41. The van der Waals surface area contributed by atoms with Crippen LogP contribution in [0.5, 0.6) is 0 Å². The maximum atomic E-state index is 10.0. The van der Waals surface area contributed by atoms with E-state index < -0.39 is 5.60 Å². The average molecular weight is 222 g/mol. The average Bonchev–Trinajstić information content (AvgIpc) is 2.24. The largest absolute Gasteiger partial charge is 0.386 e. The van der Waals surface area contributed by atoms with Crippen molar-refractivity contribution in [1.29, 1.82) is 0 Å². The van der Waals surface area contributed by atoms with E-state index in [-0.39, 0.29) is 5.41 Å². The van der Waals surface area contributed by atoms with E-state index in [0.717, 1.165) is 12.8 Å². The molecule has 1 heteroatoms. The van der Waals surface area contributed by atoms with Crippen molar-refractivity contribution in [1.82, 2.24) is 0 Å². The summed E-state index contributed by atoms with van der Waals surface area (Å²) in [4.78, 5) is 0. The van der Waals surface area contributed by atoms with Gasteiger partial charge in [0, 0.05) is 0 Å². The molecule has 1 aliphatic carbocycles. The first-order chi connectivity index (χ1) is 7.32. The van der Waals surface area contributed by atoms with E-state index in [2.05, 4.69) is 33.4 Å². The highest BCUT2D eigenvalue weighted by Crippen LogP contribution is 2.46. The van der Waals surface area contributed by atoms with Gasteiger partial charge in [0.1, 0.15) is 0 Å². The van der Waals surface area contributed by atoms with Crippen LogP contribution in [0.25, 0.3) is 0 Å². The second kappa shape index (κ2) is 4.75. The minimum absolute atomic E-state index is 0.255. The van der Waals surface area contributed by atoms with E-state index in [1.54, 1.807) is 6.08 Å². The molecule has 0 aromatic heterocycles. The summed E-state index contributed by atoms with van der Waals surface area (Å²) in [6, 6.07) is 0. The fraction of sp³-hybridized carbons (Fsp3) is 0.733. The van der Waals surface area contributed by atoms with Crippen molar-refractivity contribution < 1.29 is 5.11 Å². The van der Waals surface area contributed by atoms with Crippen LogP contribution in [0.15, 0.2) is 24.3 Å². The number of hydrogen-bond acceptors (Lipinski definition) is 1. The van der Waals surface area contributed by atoms with Crippen molar-refractivity contribution >= 4 is 0 Å². The van der Waals surface area contributed by atoms with Gasteiger partial charge in [-0.3, -0.25) is 0 Å². The highest BCUT2D eigenvalue weighted by Gasteiger charge is 2.35. The second-order valence-corrected chi connectivity index (χ2v) is 5.84. The van der Waals surface area contributed by atoms with Gasteiger partial charge in [0.15, 0.2) is 0 Å². The first-order valence-electron chi connectivity index (χ1n) is 6.35. The first kappa shape index (κ1) is 13.5. The molecule has 0 radical (unpaired) electrons. The van der Waals surface area contributed by atoms with Crippen LogP contribution < -0.4 is 0 Å². The maximum absolute atomic E-state index is 10.0. The monoisotopic (exact) mass is 222 g/mol. The van der Waals surface area contributed by atoms with Crippen molar-refractivity contribution in [3.05, 3.63) is 24.3 Å². The lowest BCUT2D eigenvalue weighted by atomic mass is 9.64. The Hall–Kier alpha value is -0.560. The Labute approximate surface area is 100 Å². The van der Waals surface area contributed by atoms with Gasteiger partial charge in [-0.25, -0.2) is 0 Å². The minimum atomic E-state index is -0.722. The topological polar surface area (TPSA) is 20.2 Å². The Balaban J connectivity index is 2.73. The Kier molecular flexibility index (Phi) is 4.01. The molecule has 1 rings (SSSR count). The fourth-order valence-corrected chi connectivity index (χ4v) is 2.55. The lowest BCUT2D eigenvalue weighted by Crippen LogP contribution is -2.32. The highest BCUT2D eigenvalue weighted by molar-refractivity contribution is 5.16. The molecule has 0 aromatic rings. The molecule has 3 atom stereocenters. The van der Waals surface area contributed by atoms with E-state index in [4.69, 9.17) is 0 Å². The second-order valence-electron chi connectivity index (χ2n) is 5.84. The van der Waals surface area contributed by atoms with Crippen molar-refractivity contribution in [3.8, 4) is 0 Å². The number of hydrogen-bond donors (Lipinski definition) is 1. The molecule has 0 heterocycles. The first-order valence-corrected chi connectivity index (χ1v) is 6.35. The molecule has 0 bridgehead atoms. The van der Waals surface area contributed by atoms with E-state index in [1.807, 2.05) is 6.92 Å². The summed E-state index contributed by atoms with van der Waals surface area (Å²) in [6.07, 6.45) is 8.33. The Morgan fingerprint density at radius 3 is 2.81 bits per heavy atom. The normalized spacial score (nSPS) is 34.1. The molecule has 1 aliphatic rings. The van der Waals surface area contributed by atoms with Crippen LogP contribution in [0.2, 0.25) is 0 Å². The van der Waals surface area contributed by atoms with Crippen LogP contribution in [0.1, 0.15) is 53.4 Å². The summed E-state index contributed by atoms with van der Waals surface area (Å²) < 4.78 is 0. The number of rotatable bonds is 4. The number of allylic oxidation sites excluding steroid dienone is 2. The van der Waals surface area contributed by atoms with Gasteiger partial charge in [-0.1, -0.05) is 31.6 Å². The Bertz CT molecular complexity index is 288. The van der Waals surface area contributed by atoms with Crippen LogP contribution in [-0.4, -0.2) is 10.7 Å². The lowest BCUT2D eigenvalue weighted by molar-refractivity contribution is 0.0759. The summed E-state index contributed by atoms with van der Waals surface area (Å²) in [5, 5.41) is 10.0.